The van der Waals surface area contributed by atoms with Gasteiger partial charge in [-0.15, -0.1) is 0 Å². The molecule has 1 amide bonds. The number of carbonyl (C=O) groups excluding carboxylic acids is 1. The van der Waals surface area contributed by atoms with Crippen LogP contribution in [0.15, 0.2) is 47.4 Å². The Balaban J connectivity index is 2.42. The molecule has 22 heavy (non-hydrogen) atoms. The van der Waals surface area contributed by atoms with Gasteiger partial charge in [-0.2, -0.15) is 0 Å². The predicted octanol–water partition coefficient (Wildman–Crippen LogP) is 3.41. The van der Waals surface area contributed by atoms with E-state index in [1.54, 1.807) is 31.2 Å². The molecule has 116 valence electrons. The third kappa shape index (κ3) is 3.78. The summed E-state index contributed by atoms with van der Waals surface area (Å²) in [4.78, 5) is 11.4. The summed E-state index contributed by atoms with van der Waals surface area (Å²) in [6, 6.07) is 11.1. The van der Waals surface area contributed by atoms with Gasteiger partial charge in [-0.1, -0.05) is 29.8 Å². The Hall–Kier alpha value is -2.05. The first kappa shape index (κ1) is 16.3. The second-order valence-corrected chi connectivity index (χ2v) is 6.84. The number of amides is 1. The molecule has 0 saturated heterocycles. The molecule has 2 aromatic carbocycles. The quantitative estimate of drug-likeness (QED) is 0.897. The van der Waals surface area contributed by atoms with Crippen molar-refractivity contribution in [2.45, 2.75) is 18.7 Å². The van der Waals surface area contributed by atoms with Crippen molar-refractivity contribution in [2.24, 2.45) is 0 Å². The fraction of sp³-hybridized carbons (Fsp3) is 0.133. The number of sulfonamides is 1. The monoisotopic (exact) mass is 338 g/mol. The summed E-state index contributed by atoms with van der Waals surface area (Å²) in [5.41, 5.74) is 1.37. The number of benzene rings is 2. The van der Waals surface area contributed by atoms with Crippen molar-refractivity contribution in [3.63, 3.8) is 0 Å². The first-order chi connectivity index (χ1) is 10.3. The van der Waals surface area contributed by atoms with Gasteiger partial charge in [0.2, 0.25) is 5.91 Å². The van der Waals surface area contributed by atoms with Gasteiger partial charge in [-0.25, -0.2) is 8.42 Å². The van der Waals surface area contributed by atoms with Crippen LogP contribution in [0, 0.1) is 6.92 Å². The van der Waals surface area contributed by atoms with E-state index in [-0.39, 0.29) is 10.8 Å². The van der Waals surface area contributed by atoms with Crippen LogP contribution in [0.25, 0.3) is 0 Å². The zero-order valence-corrected chi connectivity index (χ0v) is 13.6. The van der Waals surface area contributed by atoms with E-state index >= 15 is 0 Å². The van der Waals surface area contributed by atoms with Gasteiger partial charge in [0.25, 0.3) is 10.0 Å². The van der Waals surface area contributed by atoms with Crippen LogP contribution in [0.2, 0.25) is 5.02 Å². The highest BCUT2D eigenvalue weighted by Gasteiger charge is 2.16. The first-order valence-corrected chi connectivity index (χ1v) is 8.31. The number of anilines is 2. The molecule has 0 unspecified atom stereocenters. The topological polar surface area (TPSA) is 75.3 Å². The normalized spacial score (nSPS) is 11.0. The van der Waals surface area contributed by atoms with Crippen LogP contribution in [-0.4, -0.2) is 14.3 Å². The standard InChI is InChI=1S/C15H15ClN2O3S/c1-10-14(17-11(2)19)8-12(16)9-15(10)18-22(20,21)13-6-4-3-5-7-13/h3-9,18H,1-2H3,(H,17,19). The van der Waals surface area contributed by atoms with Crippen LogP contribution in [-0.2, 0) is 14.8 Å². The summed E-state index contributed by atoms with van der Waals surface area (Å²) in [7, 11) is -3.72. The zero-order chi connectivity index (χ0) is 16.3. The first-order valence-electron chi connectivity index (χ1n) is 6.45. The highest BCUT2D eigenvalue weighted by molar-refractivity contribution is 7.92. The third-order valence-corrected chi connectivity index (χ3v) is 4.58. The Morgan fingerprint density at radius 1 is 1.09 bits per heavy atom. The lowest BCUT2D eigenvalue weighted by molar-refractivity contribution is -0.114. The van der Waals surface area contributed by atoms with E-state index in [1.807, 2.05) is 0 Å². The van der Waals surface area contributed by atoms with Crippen LogP contribution in [0.3, 0.4) is 0 Å². The van der Waals surface area contributed by atoms with E-state index in [0.29, 0.717) is 22.0 Å². The molecular formula is C15H15ClN2O3S. The van der Waals surface area contributed by atoms with E-state index in [1.165, 1.54) is 25.1 Å². The second-order valence-electron chi connectivity index (χ2n) is 4.73. The van der Waals surface area contributed by atoms with Crippen molar-refractivity contribution < 1.29 is 13.2 Å². The number of hydrogen-bond donors (Lipinski definition) is 2. The molecule has 0 heterocycles. The molecule has 0 fully saturated rings. The van der Waals surface area contributed by atoms with E-state index in [2.05, 4.69) is 10.0 Å². The number of hydrogen-bond acceptors (Lipinski definition) is 3. The molecule has 0 aliphatic heterocycles. The SMILES string of the molecule is CC(=O)Nc1cc(Cl)cc(NS(=O)(=O)c2ccccc2)c1C. The van der Waals surface area contributed by atoms with Gasteiger partial charge in [-0.05, 0) is 36.8 Å². The Morgan fingerprint density at radius 3 is 2.27 bits per heavy atom. The predicted molar refractivity (Wildman–Crippen MR) is 87.7 cm³/mol. The number of rotatable bonds is 4. The van der Waals surface area contributed by atoms with Crippen molar-refractivity contribution in [1.82, 2.24) is 0 Å². The second kappa shape index (κ2) is 6.37. The average molecular weight is 339 g/mol. The Bertz CT molecular complexity index is 805. The molecular weight excluding hydrogens is 324 g/mol. The highest BCUT2D eigenvalue weighted by atomic mass is 35.5. The molecule has 0 bridgehead atoms. The smallest absolute Gasteiger partial charge is 0.261 e. The van der Waals surface area contributed by atoms with Crippen molar-refractivity contribution in [3.05, 3.63) is 53.1 Å². The van der Waals surface area contributed by atoms with Crippen LogP contribution in [0.5, 0.6) is 0 Å². The van der Waals surface area contributed by atoms with Crippen LogP contribution in [0.1, 0.15) is 12.5 Å². The molecule has 5 nitrogen and oxygen atoms in total. The minimum atomic E-state index is -3.72. The van der Waals surface area contributed by atoms with Crippen molar-refractivity contribution in [3.8, 4) is 0 Å². The van der Waals surface area contributed by atoms with Crippen LogP contribution in [0.4, 0.5) is 11.4 Å². The number of nitrogens with one attached hydrogen (secondary N) is 2. The van der Waals surface area contributed by atoms with Crippen LogP contribution < -0.4 is 10.0 Å². The molecule has 7 heteroatoms. The fourth-order valence-corrected chi connectivity index (χ4v) is 3.26. The summed E-state index contributed by atoms with van der Waals surface area (Å²) < 4.78 is 27.2. The van der Waals surface area contributed by atoms with Gasteiger partial charge in [-0.3, -0.25) is 9.52 Å². The van der Waals surface area contributed by atoms with Crippen molar-refractivity contribution in [2.75, 3.05) is 10.0 Å². The lowest BCUT2D eigenvalue weighted by atomic mass is 10.1. The maximum absolute atomic E-state index is 12.4. The fourth-order valence-electron chi connectivity index (χ4n) is 1.91. The molecule has 0 aliphatic rings. The van der Waals surface area contributed by atoms with Crippen molar-refractivity contribution >= 4 is 38.9 Å². The Labute approximate surface area is 134 Å². The lowest BCUT2D eigenvalue weighted by Gasteiger charge is -2.15. The van der Waals surface area contributed by atoms with E-state index in [4.69, 9.17) is 11.6 Å². The minimum absolute atomic E-state index is 0.149. The van der Waals surface area contributed by atoms with Gasteiger partial charge < -0.3 is 5.32 Å². The maximum Gasteiger partial charge on any atom is 0.261 e. The van der Waals surface area contributed by atoms with Gasteiger partial charge >= 0.3 is 0 Å². The molecule has 0 aliphatic carbocycles. The minimum Gasteiger partial charge on any atom is -0.326 e. The summed E-state index contributed by atoms with van der Waals surface area (Å²) >= 11 is 5.99. The molecule has 0 aromatic heterocycles. The Morgan fingerprint density at radius 2 is 1.68 bits per heavy atom. The maximum atomic E-state index is 12.4. The summed E-state index contributed by atoms with van der Waals surface area (Å²) in [6.45, 7) is 3.07. The molecule has 0 spiro atoms. The average Bonchev–Trinajstić information content (AvgIpc) is 2.44. The lowest BCUT2D eigenvalue weighted by Crippen LogP contribution is -2.15. The van der Waals surface area contributed by atoms with E-state index in [9.17, 15) is 13.2 Å². The molecule has 0 atom stereocenters. The molecule has 2 N–H and O–H groups in total. The molecule has 2 rings (SSSR count). The van der Waals surface area contributed by atoms with E-state index < -0.39 is 10.0 Å². The van der Waals surface area contributed by atoms with Gasteiger partial charge in [0.15, 0.2) is 0 Å². The summed E-state index contributed by atoms with van der Waals surface area (Å²) in [5, 5.41) is 2.94. The summed E-state index contributed by atoms with van der Waals surface area (Å²) in [5.74, 6) is -0.262. The van der Waals surface area contributed by atoms with Gasteiger partial charge in [0, 0.05) is 17.6 Å². The number of carbonyl (C=O) groups is 1. The third-order valence-electron chi connectivity index (χ3n) is 2.98. The zero-order valence-electron chi connectivity index (χ0n) is 12.1. The van der Waals surface area contributed by atoms with Gasteiger partial charge in [0.05, 0.1) is 10.6 Å². The van der Waals surface area contributed by atoms with E-state index in [0.717, 1.165) is 0 Å². The van der Waals surface area contributed by atoms with Crippen molar-refractivity contribution in [1.29, 1.82) is 0 Å². The van der Waals surface area contributed by atoms with Crippen LogP contribution >= 0.6 is 11.6 Å². The van der Waals surface area contributed by atoms with Gasteiger partial charge in [0.1, 0.15) is 0 Å². The summed E-state index contributed by atoms with van der Waals surface area (Å²) in [6.07, 6.45) is 0. The largest absolute Gasteiger partial charge is 0.326 e. The Kier molecular flexibility index (Phi) is 4.73. The number of halogens is 1. The molecule has 2 aromatic rings. The highest BCUT2D eigenvalue weighted by Crippen LogP contribution is 2.30. The molecule has 0 radical (unpaired) electrons. The molecule has 0 saturated carbocycles.